The lowest BCUT2D eigenvalue weighted by atomic mass is 10.3. The van der Waals surface area contributed by atoms with Crippen LogP contribution in [-0.4, -0.2) is 11.3 Å². The van der Waals surface area contributed by atoms with Crippen LogP contribution in [-0.2, 0) is 0 Å². The lowest BCUT2D eigenvalue weighted by Crippen LogP contribution is -2.18. The molecule has 1 rings (SSSR count). The topological polar surface area (TPSA) is 74.2 Å². The maximum absolute atomic E-state index is 11.8. The molecule has 0 amide bonds. The third kappa shape index (κ3) is 2.66. The number of anilines is 2. The maximum atomic E-state index is 11.8. The van der Waals surface area contributed by atoms with E-state index in [4.69, 9.17) is 11.5 Å². The van der Waals surface area contributed by atoms with Crippen LogP contribution in [0.4, 0.5) is 24.7 Å². The second-order valence-electron chi connectivity index (χ2n) is 2.29. The minimum Gasteiger partial charge on any atom is -0.403 e. The first-order valence-electron chi connectivity index (χ1n) is 3.27. The van der Waals surface area contributed by atoms with Crippen LogP contribution in [0, 0.1) is 0 Å². The van der Waals surface area contributed by atoms with Gasteiger partial charge >= 0.3 is 6.36 Å². The second-order valence-corrected chi connectivity index (χ2v) is 3.10. The van der Waals surface area contributed by atoms with Gasteiger partial charge in [-0.25, -0.2) is 4.98 Å². The molecule has 4 nitrogen and oxygen atoms in total. The molecule has 0 aliphatic carbocycles. The fourth-order valence-corrected chi connectivity index (χ4v) is 1.13. The van der Waals surface area contributed by atoms with Crippen LogP contribution in [0.3, 0.4) is 0 Å². The number of hydrogen-bond acceptors (Lipinski definition) is 4. The Balaban J connectivity index is 3.09. The summed E-state index contributed by atoms with van der Waals surface area (Å²) in [6, 6.07) is 0.985. The standard InChI is InChI=1S/C6H5BrF3N3O/c7-3-1-2(14-6(8,9)10)4(11)5(12)13-3/h1H,11H2,(H2,12,13). The van der Waals surface area contributed by atoms with Crippen LogP contribution in [0.5, 0.6) is 5.75 Å². The van der Waals surface area contributed by atoms with E-state index in [-0.39, 0.29) is 16.1 Å². The first kappa shape index (κ1) is 10.9. The fourth-order valence-electron chi connectivity index (χ4n) is 0.729. The molecule has 1 heterocycles. The van der Waals surface area contributed by atoms with E-state index in [0.29, 0.717) is 0 Å². The summed E-state index contributed by atoms with van der Waals surface area (Å²) in [5, 5.41) is 0. The Morgan fingerprint density at radius 1 is 1.36 bits per heavy atom. The van der Waals surface area contributed by atoms with Crippen LogP contribution < -0.4 is 16.2 Å². The van der Waals surface area contributed by atoms with E-state index < -0.39 is 12.1 Å². The predicted molar refractivity (Wildman–Crippen MR) is 47.4 cm³/mol. The number of alkyl halides is 3. The molecule has 1 aromatic rings. The number of nitrogens with two attached hydrogens (primary N) is 2. The fraction of sp³-hybridized carbons (Fsp3) is 0.167. The van der Waals surface area contributed by atoms with Crippen LogP contribution in [0.25, 0.3) is 0 Å². The smallest absolute Gasteiger partial charge is 0.403 e. The Kier molecular flexibility index (Phi) is 2.74. The lowest BCUT2D eigenvalue weighted by Gasteiger charge is -2.11. The van der Waals surface area contributed by atoms with Gasteiger partial charge in [0.2, 0.25) is 0 Å². The van der Waals surface area contributed by atoms with E-state index in [0.717, 1.165) is 6.07 Å². The van der Waals surface area contributed by atoms with Gasteiger partial charge in [-0.2, -0.15) is 0 Å². The molecular formula is C6H5BrF3N3O. The zero-order valence-corrected chi connectivity index (χ0v) is 8.19. The average Bonchev–Trinajstić information content (AvgIpc) is 1.96. The highest BCUT2D eigenvalue weighted by Gasteiger charge is 2.32. The molecule has 0 radical (unpaired) electrons. The molecule has 0 aliphatic rings. The number of nitrogen functional groups attached to an aromatic ring is 2. The van der Waals surface area contributed by atoms with Crippen LogP contribution in [0.15, 0.2) is 10.7 Å². The molecule has 4 N–H and O–H groups in total. The zero-order valence-electron chi connectivity index (χ0n) is 6.60. The summed E-state index contributed by atoms with van der Waals surface area (Å²) in [4.78, 5) is 3.59. The van der Waals surface area contributed by atoms with Crippen molar-refractivity contribution in [2.24, 2.45) is 0 Å². The number of ether oxygens (including phenoxy) is 1. The number of halogens is 4. The Morgan fingerprint density at radius 3 is 2.43 bits per heavy atom. The minimum absolute atomic E-state index is 0.114. The summed E-state index contributed by atoms with van der Waals surface area (Å²) >= 11 is 2.86. The molecule has 0 atom stereocenters. The Labute approximate surface area is 85.2 Å². The third-order valence-corrected chi connectivity index (χ3v) is 1.65. The number of hydrogen-bond donors (Lipinski definition) is 2. The summed E-state index contributed by atoms with van der Waals surface area (Å²) in [7, 11) is 0. The quantitative estimate of drug-likeness (QED) is 0.766. The van der Waals surface area contributed by atoms with Gasteiger partial charge in [0, 0.05) is 6.07 Å². The highest BCUT2D eigenvalue weighted by molar-refractivity contribution is 9.10. The largest absolute Gasteiger partial charge is 0.573 e. The average molecular weight is 272 g/mol. The summed E-state index contributed by atoms with van der Waals surface area (Å²) in [5.74, 6) is -0.796. The SMILES string of the molecule is Nc1nc(Br)cc(OC(F)(F)F)c1N. The Morgan fingerprint density at radius 2 is 1.93 bits per heavy atom. The van der Waals surface area contributed by atoms with Gasteiger partial charge in [0.15, 0.2) is 11.6 Å². The van der Waals surface area contributed by atoms with Gasteiger partial charge in [-0.15, -0.1) is 13.2 Å². The highest BCUT2D eigenvalue weighted by Crippen LogP contribution is 2.33. The number of aromatic nitrogens is 1. The molecule has 0 bridgehead atoms. The normalized spacial score (nSPS) is 11.4. The van der Waals surface area contributed by atoms with Crippen molar-refractivity contribution in [1.82, 2.24) is 4.98 Å². The van der Waals surface area contributed by atoms with Crippen LogP contribution >= 0.6 is 15.9 Å². The molecule has 1 aromatic heterocycles. The molecular weight excluding hydrogens is 267 g/mol. The van der Waals surface area contributed by atoms with Gasteiger partial charge in [0.1, 0.15) is 10.3 Å². The molecule has 0 aromatic carbocycles. The summed E-state index contributed by atoms with van der Waals surface area (Å²) in [6.07, 6.45) is -4.80. The molecule has 0 aliphatic heterocycles. The highest BCUT2D eigenvalue weighted by atomic mass is 79.9. The molecule has 78 valence electrons. The molecule has 14 heavy (non-hydrogen) atoms. The minimum atomic E-state index is -4.80. The number of pyridine rings is 1. The maximum Gasteiger partial charge on any atom is 0.573 e. The van der Waals surface area contributed by atoms with Crippen LogP contribution in [0.2, 0.25) is 0 Å². The summed E-state index contributed by atoms with van der Waals surface area (Å²) in [5.41, 5.74) is 10.1. The third-order valence-electron chi connectivity index (χ3n) is 1.24. The van der Waals surface area contributed by atoms with Gasteiger partial charge in [-0.3, -0.25) is 0 Å². The van der Waals surface area contributed by atoms with Crippen molar-refractivity contribution in [2.45, 2.75) is 6.36 Å². The van der Waals surface area contributed by atoms with E-state index in [1.165, 1.54) is 0 Å². The van der Waals surface area contributed by atoms with Crippen molar-refractivity contribution in [3.05, 3.63) is 10.7 Å². The second kappa shape index (κ2) is 3.52. The monoisotopic (exact) mass is 271 g/mol. The predicted octanol–water partition coefficient (Wildman–Crippen LogP) is 1.91. The van der Waals surface area contributed by atoms with E-state index >= 15 is 0 Å². The van der Waals surface area contributed by atoms with E-state index in [1.54, 1.807) is 0 Å². The number of rotatable bonds is 1. The van der Waals surface area contributed by atoms with E-state index in [9.17, 15) is 13.2 Å². The van der Waals surface area contributed by atoms with Crippen molar-refractivity contribution in [3.8, 4) is 5.75 Å². The Bertz CT molecular complexity index is 355. The van der Waals surface area contributed by atoms with Crippen molar-refractivity contribution >= 4 is 27.4 Å². The van der Waals surface area contributed by atoms with Gasteiger partial charge < -0.3 is 16.2 Å². The van der Waals surface area contributed by atoms with Gasteiger partial charge in [0.05, 0.1) is 0 Å². The zero-order chi connectivity index (χ0) is 10.9. The van der Waals surface area contributed by atoms with Crippen LogP contribution in [0.1, 0.15) is 0 Å². The molecule has 0 saturated heterocycles. The number of nitrogens with zero attached hydrogens (tertiary/aromatic N) is 1. The van der Waals surface area contributed by atoms with Gasteiger partial charge in [-0.05, 0) is 15.9 Å². The summed E-state index contributed by atoms with van der Waals surface area (Å²) in [6.45, 7) is 0. The molecule has 0 spiro atoms. The molecule has 0 saturated carbocycles. The van der Waals surface area contributed by atoms with Crippen molar-refractivity contribution in [1.29, 1.82) is 0 Å². The van der Waals surface area contributed by atoms with Crippen molar-refractivity contribution in [3.63, 3.8) is 0 Å². The first-order valence-corrected chi connectivity index (χ1v) is 4.06. The van der Waals surface area contributed by atoms with Crippen molar-refractivity contribution < 1.29 is 17.9 Å². The lowest BCUT2D eigenvalue weighted by molar-refractivity contribution is -0.274. The Hall–Kier alpha value is -1.18. The molecule has 8 heteroatoms. The van der Waals surface area contributed by atoms with E-state index in [1.807, 2.05) is 0 Å². The van der Waals surface area contributed by atoms with Gasteiger partial charge in [-0.1, -0.05) is 0 Å². The first-order chi connectivity index (χ1) is 6.29. The molecule has 0 fully saturated rings. The van der Waals surface area contributed by atoms with E-state index in [2.05, 4.69) is 25.7 Å². The van der Waals surface area contributed by atoms with Crippen molar-refractivity contribution in [2.75, 3.05) is 11.5 Å². The molecule has 0 unspecified atom stereocenters. The van der Waals surface area contributed by atoms with Gasteiger partial charge in [0.25, 0.3) is 0 Å². The summed E-state index contributed by atoms with van der Waals surface area (Å²) < 4.78 is 39.2.